The van der Waals surface area contributed by atoms with Crippen LogP contribution in [0.1, 0.15) is 16.1 Å². The first-order valence-corrected chi connectivity index (χ1v) is 17.3. The summed E-state index contributed by atoms with van der Waals surface area (Å²) in [5, 5.41) is 1.25. The minimum Gasteiger partial charge on any atom is -0.439 e. The van der Waals surface area contributed by atoms with Crippen molar-refractivity contribution in [2.24, 2.45) is 7.05 Å². The van der Waals surface area contributed by atoms with Gasteiger partial charge in [-0.15, -0.1) is 0 Å². The zero-order chi connectivity index (χ0) is 34.9. The van der Waals surface area contributed by atoms with Crippen molar-refractivity contribution in [3.8, 4) is 17.4 Å². The summed E-state index contributed by atoms with van der Waals surface area (Å²) in [6.45, 7) is 0.222. The van der Waals surface area contributed by atoms with Gasteiger partial charge < -0.3 is 18.9 Å². The Morgan fingerprint density at radius 3 is 2.29 bits per heavy atom. The lowest BCUT2D eigenvalue weighted by atomic mass is 10.2. The third-order valence-electron chi connectivity index (χ3n) is 8.31. The first kappa shape index (κ1) is 34.4. The fraction of sp³-hybridized carbons (Fsp3) is 0.235. The van der Waals surface area contributed by atoms with Crippen LogP contribution in [0.15, 0.2) is 90.0 Å². The number of sulfonamides is 1. The molecule has 6 rings (SSSR count). The molecule has 3 heterocycles. The lowest BCUT2D eigenvalue weighted by Gasteiger charge is -2.34. The van der Waals surface area contributed by atoms with Gasteiger partial charge in [0.15, 0.2) is 0 Å². The molecular formula is C34H31Cl2F2N5O5S. The average Bonchev–Trinajstić information content (AvgIpc) is 3.42. The molecule has 0 saturated carbocycles. The fourth-order valence-electron chi connectivity index (χ4n) is 5.56. The number of hydrogen-bond acceptors (Lipinski definition) is 7. The van der Waals surface area contributed by atoms with Gasteiger partial charge in [0.05, 0.1) is 32.3 Å². The first-order valence-electron chi connectivity index (χ1n) is 15.1. The molecule has 1 amide bonds. The molecule has 0 atom stereocenters. The van der Waals surface area contributed by atoms with Crippen LogP contribution in [-0.2, 0) is 23.6 Å². The highest BCUT2D eigenvalue weighted by atomic mass is 35.5. The standard InChI is InChI=1S/C34H31Cl2F2N5O5S/c1-40-30-18-26(47-32-12-6-24(20-39-32)41(2)49(45,46)27-10-11-28(35)29(36)19-27)9-5-23(30)17-31(40)33(44)43-15-13-42(14-16-43)21-22-3-7-25(8-4-22)48-34(37)38/h3-12,17-20,34H,13-16,21H2,1-2H3. The van der Waals surface area contributed by atoms with E-state index in [2.05, 4.69) is 14.6 Å². The number of pyridine rings is 1. The Hall–Kier alpha value is -4.43. The van der Waals surface area contributed by atoms with Crippen molar-refractivity contribution in [2.45, 2.75) is 18.1 Å². The molecule has 0 aliphatic carbocycles. The lowest BCUT2D eigenvalue weighted by Crippen LogP contribution is -2.48. The van der Waals surface area contributed by atoms with E-state index >= 15 is 0 Å². The van der Waals surface area contributed by atoms with E-state index < -0.39 is 16.6 Å². The molecular weight excluding hydrogens is 699 g/mol. The second-order valence-electron chi connectivity index (χ2n) is 11.4. The topological polar surface area (TPSA) is 97.2 Å². The normalized spacial score (nSPS) is 14.0. The van der Waals surface area contributed by atoms with Crippen LogP contribution in [0.5, 0.6) is 17.4 Å². The number of amides is 1. The first-order chi connectivity index (χ1) is 23.4. The molecule has 0 N–H and O–H groups in total. The molecule has 2 aromatic heterocycles. The monoisotopic (exact) mass is 729 g/mol. The third-order valence-corrected chi connectivity index (χ3v) is 10.8. The van der Waals surface area contributed by atoms with Gasteiger partial charge in [-0.25, -0.2) is 13.4 Å². The molecule has 0 spiro atoms. The fourth-order valence-corrected chi connectivity index (χ4v) is 7.13. The Bertz CT molecular complexity index is 2090. The van der Waals surface area contributed by atoms with Crippen LogP contribution in [0.25, 0.3) is 10.9 Å². The maximum atomic E-state index is 13.5. The summed E-state index contributed by atoms with van der Waals surface area (Å²) < 4.78 is 64.4. The second kappa shape index (κ2) is 14.2. The quantitative estimate of drug-likeness (QED) is 0.152. The molecule has 3 aromatic carbocycles. The van der Waals surface area contributed by atoms with E-state index in [1.165, 1.54) is 43.6 Å². The van der Waals surface area contributed by atoms with Crippen molar-refractivity contribution in [1.82, 2.24) is 19.4 Å². The van der Waals surface area contributed by atoms with Gasteiger partial charge in [-0.05, 0) is 60.2 Å². The van der Waals surface area contributed by atoms with Crippen molar-refractivity contribution >= 4 is 55.7 Å². The molecule has 1 aliphatic heterocycles. The largest absolute Gasteiger partial charge is 0.439 e. The SMILES string of the molecule is CN(c1ccc(Oc2ccc3cc(C(=O)N4CCN(Cc5ccc(OC(F)F)cc5)CC4)n(C)c3c2)nc1)S(=O)(=O)c1ccc(Cl)c(Cl)c1. The van der Waals surface area contributed by atoms with E-state index in [1.807, 2.05) is 34.7 Å². The van der Waals surface area contributed by atoms with Gasteiger partial charge in [-0.1, -0.05) is 35.3 Å². The van der Waals surface area contributed by atoms with Crippen LogP contribution in [0.4, 0.5) is 14.5 Å². The number of fused-ring (bicyclic) bond motifs is 1. The van der Waals surface area contributed by atoms with Crippen LogP contribution in [0.3, 0.4) is 0 Å². The Balaban J connectivity index is 1.08. The van der Waals surface area contributed by atoms with Gasteiger partial charge in [-0.2, -0.15) is 8.78 Å². The number of carbonyl (C=O) groups excluding carboxylic acids is 1. The molecule has 1 fully saturated rings. The molecule has 0 bridgehead atoms. The van der Waals surface area contributed by atoms with Crippen LogP contribution in [0.2, 0.25) is 10.0 Å². The van der Waals surface area contributed by atoms with Gasteiger partial charge in [-0.3, -0.25) is 14.0 Å². The number of halogens is 4. The highest BCUT2D eigenvalue weighted by Gasteiger charge is 2.26. The van der Waals surface area contributed by atoms with Gasteiger partial charge in [0.1, 0.15) is 17.2 Å². The van der Waals surface area contributed by atoms with Crippen molar-refractivity contribution in [2.75, 3.05) is 37.5 Å². The number of rotatable bonds is 10. The van der Waals surface area contributed by atoms with Gasteiger partial charge >= 0.3 is 6.61 Å². The van der Waals surface area contributed by atoms with Crippen molar-refractivity contribution in [3.05, 3.63) is 106 Å². The number of piperazine rings is 1. The predicted molar refractivity (Wildman–Crippen MR) is 184 cm³/mol. The minimum atomic E-state index is -3.92. The number of aromatic nitrogens is 2. The van der Waals surface area contributed by atoms with E-state index in [1.54, 1.807) is 30.3 Å². The summed E-state index contributed by atoms with van der Waals surface area (Å²) in [6, 6.07) is 21.1. The number of anilines is 1. The lowest BCUT2D eigenvalue weighted by molar-refractivity contribution is -0.0498. The van der Waals surface area contributed by atoms with Gasteiger partial charge in [0, 0.05) is 64.3 Å². The number of aryl methyl sites for hydroxylation is 1. The average molecular weight is 731 g/mol. The number of carbonyl (C=O) groups is 1. The van der Waals surface area contributed by atoms with Crippen molar-refractivity contribution in [3.63, 3.8) is 0 Å². The van der Waals surface area contributed by atoms with Gasteiger partial charge in [0.2, 0.25) is 5.88 Å². The van der Waals surface area contributed by atoms with E-state index in [-0.39, 0.29) is 32.5 Å². The molecule has 15 heteroatoms. The Morgan fingerprint density at radius 1 is 0.918 bits per heavy atom. The van der Waals surface area contributed by atoms with Gasteiger partial charge in [0.25, 0.3) is 15.9 Å². The molecule has 5 aromatic rings. The predicted octanol–water partition coefficient (Wildman–Crippen LogP) is 7.06. The van der Waals surface area contributed by atoms with Crippen LogP contribution >= 0.6 is 23.2 Å². The summed E-state index contributed by atoms with van der Waals surface area (Å²) in [6.07, 6.45) is 1.39. The van der Waals surface area contributed by atoms with Crippen LogP contribution in [-0.4, -0.2) is 73.5 Å². The van der Waals surface area contributed by atoms with E-state index in [0.29, 0.717) is 49.9 Å². The van der Waals surface area contributed by atoms with Crippen molar-refractivity contribution < 1.29 is 31.5 Å². The molecule has 256 valence electrons. The highest BCUT2D eigenvalue weighted by Crippen LogP contribution is 2.31. The second-order valence-corrected chi connectivity index (χ2v) is 14.2. The summed E-state index contributed by atoms with van der Waals surface area (Å²) >= 11 is 12.0. The zero-order valence-electron chi connectivity index (χ0n) is 26.4. The molecule has 1 saturated heterocycles. The maximum Gasteiger partial charge on any atom is 0.387 e. The summed E-state index contributed by atoms with van der Waals surface area (Å²) in [5.41, 5.74) is 2.63. The summed E-state index contributed by atoms with van der Waals surface area (Å²) in [5.74, 6) is 0.789. The summed E-state index contributed by atoms with van der Waals surface area (Å²) in [7, 11) is -0.675. The summed E-state index contributed by atoms with van der Waals surface area (Å²) in [4.78, 5) is 21.9. The smallest absolute Gasteiger partial charge is 0.387 e. The van der Waals surface area contributed by atoms with E-state index in [4.69, 9.17) is 27.9 Å². The number of hydrogen-bond donors (Lipinski definition) is 0. The Labute approximate surface area is 292 Å². The number of alkyl halides is 2. The number of nitrogens with zero attached hydrogens (tertiary/aromatic N) is 5. The third kappa shape index (κ3) is 7.59. The molecule has 10 nitrogen and oxygen atoms in total. The van der Waals surface area contributed by atoms with E-state index in [9.17, 15) is 22.0 Å². The molecule has 1 aliphatic rings. The minimum absolute atomic E-state index is 0.00801. The Morgan fingerprint density at radius 2 is 1.63 bits per heavy atom. The molecule has 49 heavy (non-hydrogen) atoms. The van der Waals surface area contributed by atoms with E-state index in [0.717, 1.165) is 20.8 Å². The number of ether oxygens (including phenoxy) is 2. The molecule has 0 radical (unpaired) electrons. The maximum absolute atomic E-state index is 13.5. The van der Waals surface area contributed by atoms with Crippen LogP contribution < -0.4 is 13.8 Å². The zero-order valence-corrected chi connectivity index (χ0v) is 28.7. The molecule has 0 unspecified atom stereocenters. The highest BCUT2D eigenvalue weighted by molar-refractivity contribution is 7.92. The Kier molecular flexibility index (Phi) is 9.98. The number of benzene rings is 3. The van der Waals surface area contributed by atoms with Crippen molar-refractivity contribution in [1.29, 1.82) is 0 Å². The van der Waals surface area contributed by atoms with Crippen LogP contribution in [0, 0.1) is 0 Å².